The minimum absolute atomic E-state index is 0.205. The maximum absolute atomic E-state index is 12.5. The van der Waals surface area contributed by atoms with Crippen molar-refractivity contribution in [3.8, 4) is 5.75 Å². The zero-order valence-corrected chi connectivity index (χ0v) is 12.5. The van der Waals surface area contributed by atoms with Crippen LogP contribution in [0, 0.1) is 0 Å². The first-order chi connectivity index (χ1) is 9.02. The van der Waals surface area contributed by atoms with Gasteiger partial charge in [-0.2, -0.15) is 0 Å². The summed E-state index contributed by atoms with van der Waals surface area (Å²) in [5, 5.41) is 0.326. The molecule has 0 spiro atoms. The molecule has 0 radical (unpaired) electrons. The molecular weight excluding hydrogens is 330 g/mol. The fraction of sp³-hybridized carbons (Fsp3) is 0.0714. The van der Waals surface area contributed by atoms with Crippen LogP contribution >= 0.6 is 27.5 Å². The SMILES string of the molecule is COc1ccc(Br)cc1C(=O)c1ccc(N)cc1Cl. The Morgan fingerprint density at radius 2 is 1.95 bits per heavy atom. The monoisotopic (exact) mass is 339 g/mol. The van der Waals surface area contributed by atoms with Crippen LogP contribution in [0.1, 0.15) is 15.9 Å². The number of hydrogen-bond donors (Lipinski definition) is 1. The lowest BCUT2D eigenvalue weighted by Gasteiger charge is -2.09. The van der Waals surface area contributed by atoms with E-state index in [1.165, 1.54) is 7.11 Å². The van der Waals surface area contributed by atoms with Gasteiger partial charge in [0, 0.05) is 15.7 Å². The molecule has 0 saturated carbocycles. The summed E-state index contributed by atoms with van der Waals surface area (Å²) in [4.78, 5) is 12.5. The number of rotatable bonds is 3. The Morgan fingerprint density at radius 3 is 2.58 bits per heavy atom. The molecule has 19 heavy (non-hydrogen) atoms. The van der Waals surface area contributed by atoms with E-state index in [1.807, 2.05) is 0 Å². The van der Waals surface area contributed by atoms with E-state index < -0.39 is 0 Å². The van der Waals surface area contributed by atoms with Crippen LogP contribution in [0.4, 0.5) is 5.69 Å². The number of nitrogens with two attached hydrogens (primary N) is 1. The molecule has 0 aromatic heterocycles. The number of hydrogen-bond acceptors (Lipinski definition) is 3. The van der Waals surface area contributed by atoms with Crippen LogP contribution in [-0.2, 0) is 0 Å². The lowest BCUT2D eigenvalue weighted by Crippen LogP contribution is -2.05. The molecule has 98 valence electrons. The van der Waals surface area contributed by atoms with Gasteiger partial charge in [0.05, 0.1) is 17.7 Å². The molecule has 3 nitrogen and oxygen atoms in total. The van der Waals surface area contributed by atoms with Gasteiger partial charge in [-0.3, -0.25) is 4.79 Å². The molecule has 2 N–H and O–H groups in total. The molecule has 0 atom stereocenters. The van der Waals surface area contributed by atoms with Gasteiger partial charge in [0.2, 0.25) is 0 Å². The second kappa shape index (κ2) is 5.63. The molecule has 0 aliphatic carbocycles. The fourth-order valence-corrected chi connectivity index (χ4v) is 2.35. The maximum Gasteiger partial charge on any atom is 0.198 e. The molecule has 2 aromatic rings. The summed E-state index contributed by atoms with van der Waals surface area (Å²) in [6.45, 7) is 0. The number of carbonyl (C=O) groups is 1. The summed E-state index contributed by atoms with van der Waals surface area (Å²) in [6, 6.07) is 10.0. The molecule has 0 unspecified atom stereocenters. The minimum Gasteiger partial charge on any atom is -0.496 e. The van der Waals surface area contributed by atoms with Crippen LogP contribution in [0.2, 0.25) is 5.02 Å². The Balaban J connectivity index is 2.52. The zero-order chi connectivity index (χ0) is 14.0. The predicted octanol–water partition coefficient (Wildman–Crippen LogP) is 3.92. The van der Waals surface area contributed by atoms with Gasteiger partial charge in [-0.15, -0.1) is 0 Å². The number of ketones is 1. The minimum atomic E-state index is -0.205. The number of methoxy groups -OCH3 is 1. The topological polar surface area (TPSA) is 52.3 Å². The average Bonchev–Trinajstić information content (AvgIpc) is 2.38. The number of nitrogen functional groups attached to an aromatic ring is 1. The van der Waals surface area contributed by atoms with E-state index in [-0.39, 0.29) is 5.78 Å². The van der Waals surface area contributed by atoms with Gasteiger partial charge in [-0.25, -0.2) is 0 Å². The Kier molecular flexibility index (Phi) is 4.12. The van der Waals surface area contributed by atoms with E-state index in [9.17, 15) is 4.79 Å². The van der Waals surface area contributed by atoms with Gasteiger partial charge < -0.3 is 10.5 Å². The number of anilines is 1. The molecule has 0 fully saturated rings. The van der Waals surface area contributed by atoms with Crippen LogP contribution in [0.5, 0.6) is 5.75 Å². The highest BCUT2D eigenvalue weighted by Crippen LogP contribution is 2.28. The van der Waals surface area contributed by atoms with Gasteiger partial charge >= 0.3 is 0 Å². The molecule has 0 heterocycles. The van der Waals surface area contributed by atoms with Crippen molar-refractivity contribution >= 4 is 39.0 Å². The molecule has 0 amide bonds. The highest BCUT2D eigenvalue weighted by Gasteiger charge is 2.17. The molecular formula is C14H11BrClNO2. The maximum atomic E-state index is 12.5. The molecule has 2 rings (SSSR count). The summed E-state index contributed by atoms with van der Waals surface area (Å²) in [7, 11) is 1.52. The summed E-state index contributed by atoms with van der Waals surface area (Å²) in [5.41, 5.74) is 6.98. The Bertz CT molecular complexity index is 643. The first-order valence-corrected chi connectivity index (χ1v) is 6.63. The zero-order valence-electron chi connectivity index (χ0n) is 10.1. The van der Waals surface area contributed by atoms with E-state index in [0.29, 0.717) is 27.6 Å². The van der Waals surface area contributed by atoms with Crippen molar-refractivity contribution in [3.63, 3.8) is 0 Å². The second-order valence-electron chi connectivity index (χ2n) is 3.91. The van der Waals surface area contributed by atoms with E-state index in [4.69, 9.17) is 22.1 Å². The largest absolute Gasteiger partial charge is 0.496 e. The first-order valence-electron chi connectivity index (χ1n) is 5.46. The average molecular weight is 341 g/mol. The van der Waals surface area contributed by atoms with Gasteiger partial charge in [-0.05, 0) is 36.4 Å². The Morgan fingerprint density at radius 1 is 1.21 bits per heavy atom. The number of benzene rings is 2. The second-order valence-corrected chi connectivity index (χ2v) is 5.24. The highest BCUT2D eigenvalue weighted by molar-refractivity contribution is 9.10. The molecule has 0 bridgehead atoms. The quantitative estimate of drug-likeness (QED) is 0.680. The van der Waals surface area contributed by atoms with Crippen molar-refractivity contribution < 1.29 is 9.53 Å². The van der Waals surface area contributed by atoms with Gasteiger partial charge in [0.15, 0.2) is 5.78 Å². The van der Waals surface area contributed by atoms with E-state index >= 15 is 0 Å². The molecule has 2 aromatic carbocycles. The van der Waals surface area contributed by atoms with Crippen molar-refractivity contribution in [2.75, 3.05) is 12.8 Å². The van der Waals surface area contributed by atoms with Gasteiger partial charge in [0.1, 0.15) is 5.75 Å². The lowest BCUT2D eigenvalue weighted by molar-refractivity contribution is 0.103. The molecule has 0 saturated heterocycles. The predicted molar refractivity (Wildman–Crippen MR) is 80.0 cm³/mol. The third-order valence-electron chi connectivity index (χ3n) is 2.64. The van der Waals surface area contributed by atoms with Gasteiger partial charge in [0.25, 0.3) is 0 Å². The number of carbonyl (C=O) groups excluding carboxylic acids is 1. The first kappa shape index (κ1) is 13.9. The van der Waals surface area contributed by atoms with Crippen LogP contribution < -0.4 is 10.5 Å². The Labute approximate surface area is 124 Å². The van der Waals surface area contributed by atoms with Crippen LogP contribution in [0.3, 0.4) is 0 Å². The lowest BCUT2D eigenvalue weighted by atomic mass is 10.0. The molecule has 5 heteroatoms. The van der Waals surface area contributed by atoms with Crippen molar-refractivity contribution in [3.05, 3.63) is 57.0 Å². The van der Waals surface area contributed by atoms with E-state index in [2.05, 4.69) is 15.9 Å². The van der Waals surface area contributed by atoms with Gasteiger partial charge in [-0.1, -0.05) is 27.5 Å². The third-order valence-corrected chi connectivity index (χ3v) is 3.45. The summed E-state index contributed by atoms with van der Waals surface area (Å²) >= 11 is 9.39. The van der Waals surface area contributed by atoms with E-state index in [1.54, 1.807) is 36.4 Å². The standard InChI is InChI=1S/C14H11BrClNO2/c1-19-13-5-2-8(15)6-11(13)14(18)10-4-3-9(17)7-12(10)16/h2-7H,17H2,1H3. The van der Waals surface area contributed by atoms with Crippen LogP contribution in [-0.4, -0.2) is 12.9 Å². The van der Waals surface area contributed by atoms with Crippen molar-refractivity contribution in [1.29, 1.82) is 0 Å². The highest BCUT2D eigenvalue weighted by atomic mass is 79.9. The fourth-order valence-electron chi connectivity index (χ4n) is 1.72. The van der Waals surface area contributed by atoms with Crippen LogP contribution in [0.15, 0.2) is 40.9 Å². The smallest absolute Gasteiger partial charge is 0.198 e. The molecule has 0 aliphatic heterocycles. The summed E-state index contributed by atoms with van der Waals surface area (Å²) in [6.07, 6.45) is 0. The van der Waals surface area contributed by atoms with Crippen molar-refractivity contribution in [1.82, 2.24) is 0 Å². The molecule has 0 aliphatic rings. The number of ether oxygens (including phenoxy) is 1. The third kappa shape index (κ3) is 2.91. The summed E-state index contributed by atoms with van der Waals surface area (Å²) < 4.78 is 5.99. The summed E-state index contributed by atoms with van der Waals surface area (Å²) in [5.74, 6) is 0.296. The Hall–Kier alpha value is -1.52. The van der Waals surface area contributed by atoms with E-state index in [0.717, 1.165) is 4.47 Å². The van der Waals surface area contributed by atoms with Crippen molar-refractivity contribution in [2.45, 2.75) is 0 Å². The number of halogens is 2. The van der Waals surface area contributed by atoms with Crippen molar-refractivity contribution in [2.24, 2.45) is 0 Å². The normalized spacial score (nSPS) is 10.3. The van der Waals surface area contributed by atoms with Crippen LogP contribution in [0.25, 0.3) is 0 Å².